The van der Waals surface area contributed by atoms with Gasteiger partial charge in [-0.15, -0.1) is 4.91 Å². The zero-order chi connectivity index (χ0) is 21.6. The average molecular weight is 398 g/mol. The van der Waals surface area contributed by atoms with Gasteiger partial charge in [-0.25, -0.2) is 5.43 Å². The first kappa shape index (κ1) is 21.6. The Labute approximate surface area is 168 Å². The Morgan fingerprint density at radius 3 is 2.41 bits per heavy atom. The SMILES string of the molecule is CNC(=O)[C@@](C)(C(=O)NN=O)N(C)C(=O)c1ccc(C#CC2C=C(C)OC2)cc1. The first-order valence-electron chi connectivity index (χ1n) is 8.80. The molecule has 0 spiro atoms. The van der Waals surface area contributed by atoms with Crippen molar-refractivity contribution in [2.75, 3.05) is 20.7 Å². The molecule has 3 amide bonds. The number of allylic oxidation sites excluding steroid dienone is 1. The molecule has 0 saturated heterocycles. The summed E-state index contributed by atoms with van der Waals surface area (Å²) in [5, 5.41) is 4.62. The number of amides is 3. The smallest absolute Gasteiger partial charge is 0.278 e. The molecular weight excluding hydrogens is 376 g/mol. The lowest BCUT2D eigenvalue weighted by Gasteiger charge is -2.34. The quantitative estimate of drug-likeness (QED) is 0.332. The van der Waals surface area contributed by atoms with Gasteiger partial charge in [-0.1, -0.05) is 11.8 Å². The molecule has 1 heterocycles. The summed E-state index contributed by atoms with van der Waals surface area (Å²) in [5.41, 5.74) is 0.677. The van der Waals surface area contributed by atoms with Crippen molar-refractivity contribution in [2.24, 2.45) is 11.2 Å². The van der Waals surface area contributed by atoms with Crippen molar-refractivity contribution in [3.63, 3.8) is 0 Å². The summed E-state index contributed by atoms with van der Waals surface area (Å²) in [5.74, 6) is 4.61. The lowest BCUT2D eigenvalue weighted by Crippen LogP contribution is -2.64. The van der Waals surface area contributed by atoms with E-state index in [2.05, 4.69) is 22.4 Å². The maximum absolute atomic E-state index is 12.8. The van der Waals surface area contributed by atoms with Gasteiger partial charge in [-0.05, 0) is 44.2 Å². The molecule has 1 aliphatic rings. The maximum atomic E-state index is 12.8. The van der Waals surface area contributed by atoms with Gasteiger partial charge in [0.2, 0.25) is 0 Å². The van der Waals surface area contributed by atoms with Crippen molar-refractivity contribution in [1.82, 2.24) is 15.6 Å². The number of ether oxygens (including phenoxy) is 1. The summed E-state index contributed by atoms with van der Waals surface area (Å²) in [6.07, 6.45) is 1.94. The predicted octanol–water partition coefficient (Wildman–Crippen LogP) is 0.963. The third kappa shape index (κ3) is 4.60. The normalized spacial score (nSPS) is 16.8. The summed E-state index contributed by atoms with van der Waals surface area (Å²) in [6.45, 7) is 3.62. The van der Waals surface area contributed by atoms with Crippen molar-refractivity contribution < 1.29 is 19.1 Å². The van der Waals surface area contributed by atoms with Crippen LogP contribution in [-0.4, -0.2) is 48.9 Å². The predicted molar refractivity (Wildman–Crippen MR) is 105 cm³/mol. The van der Waals surface area contributed by atoms with Crippen LogP contribution in [0.4, 0.5) is 0 Å². The van der Waals surface area contributed by atoms with Gasteiger partial charge in [0.05, 0.1) is 17.0 Å². The van der Waals surface area contributed by atoms with E-state index < -0.39 is 23.3 Å². The van der Waals surface area contributed by atoms with Crippen LogP contribution in [-0.2, 0) is 14.3 Å². The first-order chi connectivity index (χ1) is 13.7. The highest BCUT2D eigenvalue weighted by atomic mass is 16.5. The van der Waals surface area contributed by atoms with Crippen LogP contribution < -0.4 is 10.7 Å². The van der Waals surface area contributed by atoms with Crippen LogP contribution in [0, 0.1) is 22.7 Å². The summed E-state index contributed by atoms with van der Waals surface area (Å²) in [7, 11) is 2.62. The number of rotatable bonds is 5. The molecule has 0 aromatic heterocycles. The van der Waals surface area contributed by atoms with Gasteiger partial charge in [-0.3, -0.25) is 14.4 Å². The van der Waals surface area contributed by atoms with Gasteiger partial charge in [-0.2, -0.15) is 0 Å². The van der Waals surface area contributed by atoms with Crippen LogP contribution in [0.2, 0.25) is 0 Å². The van der Waals surface area contributed by atoms with Crippen LogP contribution in [0.1, 0.15) is 29.8 Å². The van der Waals surface area contributed by atoms with Crippen molar-refractivity contribution in [2.45, 2.75) is 19.4 Å². The molecule has 0 aliphatic carbocycles. The van der Waals surface area contributed by atoms with Crippen LogP contribution in [0.15, 0.2) is 41.4 Å². The average Bonchev–Trinajstić information content (AvgIpc) is 3.15. The molecule has 29 heavy (non-hydrogen) atoms. The molecular formula is C20H22N4O5. The number of carbonyl (C=O) groups excluding carboxylic acids is 3. The van der Waals surface area contributed by atoms with E-state index in [0.717, 1.165) is 10.7 Å². The number of nitrogens with one attached hydrogen (secondary N) is 2. The highest BCUT2D eigenvalue weighted by Crippen LogP contribution is 2.19. The van der Waals surface area contributed by atoms with Crippen molar-refractivity contribution in [3.05, 3.63) is 52.1 Å². The third-order valence-electron chi connectivity index (χ3n) is 4.69. The minimum atomic E-state index is -1.97. The van der Waals surface area contributed by atoms with E-state index in [-0.39, 0.29) is 11.5 Å². The second kappa shape index (κ2) is 9.01. The van der Waals surface area contributed by atoms with Crippen molar-refractivity contribution in [1.29, 1.82) is 0 Å². The molecule has 1 aliphatic heterocycles. The number of nitroso groups, excluding NO2 is 1. The largest absolute Gasteiger partial charge is 0.497 e. The Morgan fingerprint density at radius 2 is 1.90 bits per heavy atom. The third-order valence-corrected chi connectivity index (χ3v) is 4.69. The molecule has 0 bridgehead atoms. The Balaban J connectivity index is 2.21. The fraction of sp³-hybridized carbons (Fsp3) is 0.350. The lowest BCUT2D eigenvalue weighted by molar-refractivity contribution is -0.142. The fourth-order valence-corrected chi connectivity index (χ4v) is 2.75. The monoisotopic (exact) mass is 398 g/mol. The minimum absolute atomic E-state index is 0.0284. The Morgan fingerprint density at radius 1 is 1.24 bits per heavy atom. The second-order valence-corrected chi connectivity index (χ2v) is 6.59. The van der Waals surface area contributed by atoms with E-state index in [9.17, 15) is 19.3 Å². The van der Waals surface area contributed by atoms with E-state index in [1.807, 2.05) is 13.0 Å². The molecule has 1 aromatic carbocycles. The highest BCUT2D eigenvalue weighted by molar-refractivity contribution is 6.13. The Bertz CT molecular complexity index is 913. The van der Waals surface area contributed by atoms with Gasteiger partial charge >= 0.3 is 0 Å². The molecule has 152 valence electrons. The number of hydrogen-bond acceptors (Lipinski definition) is 6. The van der Waals surface area contributed by atoms with E-state index in [1.54, 1.807) is 29.7 Å². The standard InChI is InChI=1S/C20H22N4O5/c1-13-11-15(12-29-13)6-5-14-7-9-16(10-8-14)17(25)24(4)20(2,18(26)21-3)19(27)22-23-28/h7-11,15H,12H2,1-4H3,(H,21,26)(H,22,27,28)/t15?,20-/m0/s1. The van der Waals surface area contributed by atoms with Crippen LogP contribution >= 0.6 is 0 Å². The fourth-order valence-electron chi connectivity index (χ4n) is 2.75. The van der Waals surface area contributed by atoms with Gasteiger partial charge in [0.25, 0.3) is 17.7 Å². The number of nitrogens with zero attached hydrogens (tertiary/aromatic N) is 2. The van der Waals surface area contributed by atoms with E-state index >= 15 is 0 Å². The number of hydrogen-bond donors (Lipinski definition) is 2. The molecule has 1 aromatic rings. The van der Waals surface area contributed by atoms with E-state index in [4.69, 9.17) is 4.74 Å². The molecule has 2 atom stereocenters. The topological polar surface area (TPSA) is 117 Å². The first-order valence-corrected chi connectivity index (χ1v) is 8.80. The molecule has 2 N–H and O–H groups in total. The summed E-state index contributed by atoms with van der Waals surface area (Å²) in [6, 6.07) is 6.44. The highest BCUT2D eigenvalue weighted by Gasteiger charge is 2.47. The van der Waals surface area contributed by atoms with Crippen LogP contribution in [0.25, 0.3) is 0 Å². The maximum Gasteiger partial charge on any atom is 0.278 e. The van der Waals surface area contributed by atoms with Crippen LogP contribution in [0.3, 0.4) is 0 Å². The van der Waals surface area contributed by atoms with Crippen molar-refractivity contribution >= 4 is 17.7 Å². The second-order valence-electron chi connectivity index (χ2n) is 6.59. The number of carbonyl (C=O) groups is 3. The van der Waals surface area contributed by atoms with Gasteiger partial charge in [0.1, 0.15) is 6.61 Å². The summed E-state index contributed by atoms with van der Waals surface area (Å²) in [4.78, 5) is 48.7. The number of benzene rings is 1. The lowest BCUT2D eigenvalue weighted by atomic mass is 9.96. The summed E-state index contributed by atoms with van der Waals surface area (Å²) >= 11 is 0. The molecule has 9 heteroatoms. The Hall–Kier alpha value is -3.67. The Kier molecular flexibility index (Phi) is 6.72. The molecule has 2 rings (SSSR count). The van der Waals surface area contributed by atoms with E-state index in [1.165, 1.54) is 21.0 Å². The van der Waals surface area contributed by atoms with Gasteiger partial charge in [0.15, 0.2) is 5.54 Å². The molecule has 0 fully saturated rings. The zero-order valence-corrected chi connectivity index (χ0v) is 16.6. The van der Waals surface area contributed by atoms with Gasteiger partial charge in [0, 0.05) is 25.2 Å². The van der Waals surface area contributed by atoms with Gasteiger partial charge < -0.3 is 15.0 Å². The van der Waals surface area contributed by atoms with Crippen LogP contribution in [0.5, 0.6) is 0 Å². The molecule has 9 nitrogen and oxygen atoms in total. The van der Waals surface area contributed by atoms with E-state index in [0.29, 0.717) is 12.2 Å². The molecule has 0 radical (unpaired) electrons. The molecule has 1 unspecified atom stereocenters. The number of likely N-dealkylation sites (N-methyl/N-ethyl adjacent to an activating group) is 2. The minimum Gasteiger partial charge on any atom is -0.497 e. The van der Waals surface area contributed by atoms with Crippen molar-refractivity contribution in [3.8, 4) is 11.8 Å². The zero-order valence-electron chi connectivity index (χ0n) is 16.6. The molecule has 0 saturated carbocycles. The summed E-state index contributed by atoms with van der Waals surface area (Å²) < 4.78 is 5.34.